The number of benzene rings is 2. The van der Waals surface area contributed by atoms with E-state index >= 15 is 0 Å². The van der Waals surface area contributed by atoms with Crippen LogP contribution < -0.4 is 0 Å². The fourth-order valence-electron chi connectivity index (χ4n) is 3.87. The predicted molar refractivity (Wildman–Crippen MR) is 115 cm³/mol. The van der Waals surface area contributed by atoms with Crippen LogP contribution in [0.2, 0.25) is 0 Å². The topological polar surface area (TPSA) is 66.1 Å². The van der Waals surface area contributed by atoms with Gasteiger partial charge in [-0.3, -0.25) is 9.59 Å². The smallest absolute Gasteiger partial charge is 0.449 e. The molecule has 33 heavy (non-hydrogen) atoms. The summed E-state index contributed by atoms with van der Waals surface area (Å²) in [6.45, 7) is 2.34. The zero-order chi connectivity index (χ0) is 23.8. The highest BCUT2D eigenvalue weighted by atomic mass is 19.4. The summed E-state index contributed by atoms with van der Waals surface area (Å²) in [5, 5.41) is 0. The molecule has 170 valence electrons. The van der Waals surface area contributed by atoms with E-state index in [1.54, 1.807) is 25.1 Å². The molecule has 0 aliphatic heterocycles. The lowest BCUT2D eigenvalue weighted by Gasteiger charge is -2.11. The van der Waals surface area contributed by atoms with Crippen molar-refractivity contribution in [1.82, 2.24) is 14.1 Å². The fraction of sp³-hybridized carbons (Fsp3) is 0.208. The van der Waals surface area contributed by atoms with E-state index in [9.17, 15) is 22.8 Å². The number of alkyl halides is 3. The van der Waals surface area contributed by atoms with Crippen molar-refractivity contribution >= 4 is 22.8 Å². The van der Waals surface area contributed by atoms with E-state index in [1.165, 1.54) is 12.1 Å². The first-order chi connectivity index (χ1) is 15.7. The molecule has 0 aliphatic carbocycles. The van der Waals surface area contributed by atoms with Gasteiger partial charge in [-0.25, -0.2) is 4.98 Å². The van der Waals surface area contributed by atoms with Gasteiger partial charge in [0.2, 0.25) is 11.6 Å². The standard InChI is InChI=1S/C24H20F3N3O3/c1-15-12-18(16(2)30(15)17-8-4-3-5-9-17)21(31)14-33-22(32)13-29-20-11-7-6-10-19(20)28-23(29)24(25,26)27/h3-12H,13-14H2,1-2H3. The number of nitrogens with zero attached hydrogens (tertiary/aromatic N) is 3. The normalized spacial score (nSPS) is 11.7. The summed E-state index contributed by atoms with van der Waals surface area (Å²) in [6.07, 6.45) is -4.75. The summed E-state index contributed by atoms with van der Waals surface area (Å²) in [5.74, 6) is -2.60. The molecule has 0 aliphatic rings. The van der Waals surface area contributed by atoms with Crippen LogP contribution in [-0.4, -0.2) is 32.5 Å². The van der Waals surface area contributed by atoms with Crippen LogP contribution >= 0.6 is 0 Å². The molecule has 0 atom stereocenters. The Morgan fingerprint density at radius 2 is 1.67 bits per heavy atom. The lowest BCUT2D eigenvalue weighted by atomic mass is 10.1. The van der Waals surface area contributed by atoms with Crippen LogP contribution in [0.1, 0.15) is 27.6 Å². The molecule has 0 saturated carbocycles. The SMILES string of the molecule is Cc1cc(C(=O)COC(=O)Cn2c(C(F)(F)F)nc3ccccc32)c(C)n1-c1ccccc1. The Hall–Kier alpha value is -3.88. The van der Waals surface area contributed by atoms with E-state index in [0.717, 1.165) is 15.9 Å². The van der Waals surface area contributed by atoms with Gasteiger partial charge < -0.3 is 13.9 Å². The molecule has 2 aromatic carbocycles. The number of aryl methyl sites for hydroxylation is 1. The van der Waals surface area contributed by atoms with Gasteiger partial charge in [0.15, 0.2) is 6.61 Å². The van der Waals surface area contributed by atoms with E-state index in [4.69, 9.17) is 4.74 Å². The van der Waals surface area contributed by atoms with Gasteiger partial charge in [0.05, 0.1) is 11.0 Å². The monoisotopic (exact) mass is 455 g/mol. The molecule has 0 unspecified atom stereocenters. The molecule has 0 fully saturated rings. The largest absolute Gasteiger partial charge is 0.456 e. The van der Waals surface area contributed by atoms with Crippen molar-refractivity contribution in [3.8, 4) is 5.69 Å². The Morgan fingerprint density at radius 1 is 1.00 bits per heavy atom. The molecular weight excluding hydrogens is 435 g/mol. The zero-order valence-corrected chi connectivity index (χ0v) is 17.9. The van der Waals surface area contributed by atoms with Crippen molar-refractivity contribution in [3.63, 3.8) is 0 Å². The number of rotatable bonds is 6. The minimum Gasteiger partial charge on any atom is -0.456 e. The summed E-state index contributed by atoms with van der Waals surface area (Å²) in [5.41, 5.74) is 3.04. The fourth-order valence-corrected chi connectivity index (χ4v) is 3.87. The first-order valence-electron chi connectivity index (χ1n) is 10.1. The van der Waals surface area contributed by atoms with Gasteiger partial charge in [0, 0.05) is 22.6 Å². The minimum absolute atomic E-state index is 0.113. The van der Waals surface area contributed by atoms with E-state index in [0.29, 0.717) is 11.3 Å². The van der Waals surface area contributed by atoms with E-state index in [-0.39, 0.29) is 11.0 Å². The lowest BCUT2D eigenvalue weighted by molar-refractivity contribution is -0.150. The number of imidazole rings is 1. The molecule has 4 rings (SSSR count). The molecule has 2 heterocycles. The second-order valence-corrected chi connectivity index (χ2v) is 7.55. The quantitative estimate of drug-likeness (QED) is 0.307. The molecule has 0 N–H and O–H groups in total. The van der Waals surface area contributed by atoms with Gasteiger partial charge in [-0.15, -0.1) is 0 Å². The van der Waals surface area contributed by atoms with E-state index in [2.05, 4.69) is 4.98 Å². The lowest BCUT2D eigenvalue weighted by Crippen LogP contribution is -2.22. The number of para-hydroxylation sites is 3. The third kappa shape index (κ3) is 4.39. The molecular formula is C24H20F3N3O3. The highest BCUT2D eigenvalue weighted by Gasteiger charge is 2.38. The number of carbonyl (C=O) groups is 2. The molecule has 0 bridgehead atoms. The summed E-state index contributed by atoms with van der Waals surface area (Å²) < 4.78 is 47.9. The average molecular weight is 455 g/mol. The third-order valence-corrected chi connectivity index (χ3v) is 5.31. The summed E-state index contributed by atoms with van der Waals surface area (Å²) in [4.78, 5) is 28.7. The van der Waals surface area contributed by atoms with Crippen LogP contribution in [0.3, 0.4) is 0 Å². The zero-order valence-electron chi connectivity index (χ0n) is 17.9. The Kier molecular flexibility index (Phi) is 5.80. The van der Waals surface area contributed by atoms with Crippen LogP contribution in [0.5, 0.6) is 0 Å². The maximum absolute atomic E-state index is 13.4. The Morgan fingerprint density at radius 3 is 2.36 bits per heavy atom. The minimum atomic E-state index is -4.75. The average Bonchev–Trinajstić information content (AvgIpc) is 3.30. The molecule has 0 radical (unpaired) electrons. The number of carbonyl (C=O) groups excluding carboxylic acids is 2. The Labute approximate surface area is 187 Å². The number of halogens is 3. The van der Waals surface area contributed by atoms with E-state index < -0.39 is 36.9 Å². The second-order valence-electron chi connectivity index (χ2n) is 7.55. The summed E-state index contributed by atoms with van der Waals surface area (Å²) in [6, 6.07) is 17.1. The highest BCUT2D eigenvalue weighted by molar-refractivity contribution is 5.99. The van der Waals surface area contributed by atoms with Crippen LogP contribution in [-0.2, 0) is 22.3 Å². The van der Waals surface area contributed by atoms with Gasteiger partial charge >= 0.3 is 12.1 Å². The van der Waals surface area contributed by atoms with Gasteiger partial charge in [-0.05, 0) is 44.2 Å². The van der Waals surface area contributed by atoms with Gasteiger partial charge in [0.25, 0.3) is 0 Å². The first kappa shape index (κ1) is 22.3. The Balaban J connectivity index is 1.50. The van der Waals surface area contributed by atoms with Crippen molar-refractivity contribution in [2.45, 2.75) is 26.6 Å². The van der Waals surface area contributed by atoms with Crippen molar-refractivity contribution in [1.29, 1.82) is 0 Å². The van der Waals surface area contributed by atoms with Crippen LogP contribution in [0, 0.1) is 13.8 Å². The number of Topliss-reactive ketones (excluding diaryl/α,β-unsaturated/α-hetero) is 1. The summed E-state index contributed by atoms with van der Waals surface area (Å²) in [7, 11) is 0. The van der Waals surface area contributed by atoms with Crippen LogP contribution in [0.25, 0.3) is 16.7 Å². The van der Waals surface area contributed by atoms with Crippen molar-refractivity contribution in [3.05, 3.63) is 83.4 Å². The molecule has 0 amide bonds. The molecule has 2 aromatic heterocycles. The number of esters is 1. The molecule has 4 aromatic rings. The van der Waals surface area contributed by atoms with Gasteiger partial charge in [-0.2, -0.15) is 13.2 Å². The number of ether oxygens (including phenoxy) is 1. The van der Waals surface area contributed by atoms with Crippen molar-refractivity contribution in [2.24, 2.45) is 0 Å². The second kappa shape index (κ2) is 8.57. The first-order valence-corrected chi connectivity index (χ1v) is 10.1. The number of hydrogen-bond acceptors (Lipinski definition) is 4. The van der Waals surface area contributed by atoms with Crippen LogP contribution in [0.4, 0.5) is 13.2 Å². The van der Waals surface area contributed by atoms with Crippen molar-refractivity contribution in [2.75, 3.05) is 6.61 Å². The van der Waals surface area contributed by atoms with Gasteiger partial charge in [-0.1, -0.05) is 30.3 Å². The molecule has 0 saturated heterocycles. The molecule has 9 heteroatoms. The Bertz CT molecular complexity index is 1340. The molecule has 6 nitrogen and oxygen atoms in total. The maximum Gasteiger partial charge on any atom is 0.449 e. The van der Waals surface area contributed by atoms with Gasteiger partial charge in [0.1, 0.15) is 6.54 Å². The van der Waals surface area contributed by atoms with Crippen molar-refractivity contribution < 1.29 is 27.5 Å². The molecule has 0 spiro atoms. The number of ketones is 1. The van der Waals surface area contributed by atoms with Crippen LogP contribution in [0.15, 0.2) is 60.7 Å². The summed E-state index contributed by atoms with van der Waals surface area (Å²) >= 11 is 0. The number of hydrogen-bond donors (Lipinski definition) is 0. The predicted octanol–water partition coefficient (Wildman–Crippen LogP) is 4.89. The maximum atomic E-state index is 13.4. The van der Waals surface area contributed by atoms with E-state index in [1.807, 2.05) is 41.8 Å². The highest BCUT2D eigenvalue weighted by Crippen LogP contribution is 2.31. The third-order valence-electron chi connectivity index (χ3n) is 5.31. The number of fused-ring (bicyclic) bond motifs is 1. The number of aromatic nitrogens is 3.